The number of aliphatic hydroxyl groups is 1. The monoisotopic (exact) mass is 486 g/mol. The van der Waals surface area contributed by atoms with Crippen LogP contribution in [0.15, 0.2) is 66.2 Å². The Labute approximate surface area is 205 Å². The van der Waals surface area contributed by atoms with Gasteiger partial charge in [-0.3, -0.25) is 14.5 Å². The summed E-state index contributed by atoms with van der Waals surface area (Å²) in [5.74, 6) is -1.23. The molecule has 0 spiro atoms. The number of ketones is 1. The van der Waals surface area contributed by atoms with Crippen molar-refractivity contribution in [1.82, 2.24) is 4.98 Å². The Morgan fingerprint density at radius 3 is 2.31 bits per heavy atom. The average molecular weight is 487 g/mol. The smallest absolute Gasteiger partial charge is 0.301 e. The highest BCUT2D eigenvalue weighted by Gasteiger charge is 2.48. The summed E-state index contributed by atoms with van der Waals surface area (Å²) in [6.07, 6.45) is 0. The Hall–Kier alpha value is -4.17. The fraction of sp³-hybridized carbons (Fsp3) is 0.148. The number of phenolic OH excluding ortho intramolecular Hbond substituents is 1. The number of aromatic hydroxyl groups is 1. The largest absolute Gasteiger partial charge is 0.508 e. The van der Waals surface area contributed by atoms with Gasteiger partial charge in [0.2, 0.25) is 0 Å². The third-order valence-corrected chi connectivity index (χ3v) is 7.23. The topological polar surface area (TPSA) is 100.0 Å². The zero-order valence-corrected chi connectivity index (χ0v) is 20.1. The normalized spacial score (nSPS) is 17.3. The fourth-order valence-electron chi connectivity index (χ4n) is 4.18. The van der Waals surface area contributed by atoms with Crippen LogP contribution in [0, 0.1) is 13.8 Å². The number of rotatable bonds is 4. The Morgan fingerprint density at radius 2 is 1.66 bits per heavy atom. The highest BCUT2D eigenvalue weighted by molar-refractivity contribution is 7.22. The number of methoxy groups -OCH3 is 1. The standard InChI is InChI=1S/C27H22N2O5S/c1-14-12-20-21(13-15(14)2)35-27(28-20)29-23(16-4-8-18(30)9-5-16)22(25(32)26(29)33)24(31)17-6-10-19(34-3)11-7-17/h4-13,23,30-31H,1-3H3/b24-22+. The summed E-state index contributed by atoms with van der Waals surface area (Å²) in [6, 6.07) is 15.8. The van der Waals surface area contributed by atoms with E-state index in [0.29, 0.717) is 22.0 Å². The number of Topliss-reactive ketones (excluding diaryl/α,β-unsaturated/α-hetero) is 1. The summed E-state index contributed by atoms with van der Waals surface area (Å²) in [6.45, 7) is 4.00. The summed E-state index contributed by atoms with van der Waals surface area (Å²) in [7, 11) is 1.53. The first-order chi connectivity index (χ1) is 16.8. The first kappa shape index (κ1) is 22.6. The molecule has 0 bridgehead atoms. The molecule has 1 unspecified atom stereocenters. The van der Waals surface area contributed by atoms with Gasteiger partial charge in [-0.15, -0.1) is 0 Å². The maximum absolute atomic E-state index is 13.3. The molecule has 0 aliphatic carbocycles. The molecule has 8 heteroatoms. The molecular formula is C27H22N2O5S. The number of aryl methyl sites for hydroxylation is 2. The molecule has 3 aromatic carbocycles. The molecule has 1 aliphatic rings. The van der Waals surface area contributed by atoms with E-state index in [2.05, 4.69) is 4.98 Å². The van der Waals surface area contributed by atoms with Crippen molar-refractivity contribution in [1.29, 1.82) is 0 Å². The van der Waals surface area contributed by atoms with Crippen LogP contribution in [0.4, 0.5) is 5.13 Å². The second-order valence-corrected chi connectivity index (χ2v) is 9.40. The van der Waals surface area contributed by atoms with Crippen LogP contribution < -0.4 is 9.64 Å². The Kier molecular flexibility index (Phi) is 5.53. The number of benzene rings is 3. The highest BCUT2D eigenvalue weighted by atomic mass is 32.1. The molecule has 1 aliphatic heterocycles. The number of nitrogens with zero attached hydrogens (tertiary/aromatic N) is 2. The lowest BCUT2D eigenvalue weighted by Crippen LogP contribution is -2.29. The molecule has 1 amide bonds. The van der Waals surface area contributed by atoms with Gasteiger partial charge >= 0.3 is 5.91 Å². The van der Waals surface area contributed by atoms with Gasteiger partial charge in [-0.25, -0.2) is 4.98 Å². The van der Waals surface area contributed by atoms with Crippen molar-refractivity contribution in [2.45, 2.75) is 19.9 Å². The third-order valence-electron chi connectivity index (χ3n) is 6.22. The van der Waals surface area contributed by atoms with Gasteiger partial charge in [0.05, 0.1) is 28.9 Å². The Bertz CT molecular complexity index is 1460. The van der Waals surface area contributed by atoms with Gasteiger partial charge in [-0.1, -0.05) is 23.5 Å². The predicted molar refractivity (Wildman–Crippen MR) is 135 cm³/mol. The molecule has 2 heterocycles. The SMILES string of the molecule is COc1ccc(/C(O)=C2\C(=O)C(=O)N(c3nc4cc(C)c(C)cc4s3)C2c2ccc(O)cc2)cc1. The molecule has 4 aromatic rings. The van der Waals surface area contributed by atoms with Crippen molar-refractivity contribution in [2.75, 3.05) is 12.0 Å². The van der Waals surface area contributed by atoms with Gasteiger partial charge in [0.25, 0.3) is 5.78 Å². The van der Waals surface area contributed by atoms with Gasteiger partial charge in [0, 0.05) is 5.56 Å². The van der Waals surface area contributed by atoms with Crippen LogP contribution in [0.5, 0.6) is 11.5 Å². The zero-order chi connectivity index (χ0) is 24.9. The molecule has 1 fully saturated rings. The maximum atomic E-state index is 13.3. The van der Waals surface area contributed by atoms with Crippen molar-refractivity contribution in [3.05, 3.63) is 88.5 Å². The number of carbonyl (C=O) groups is 2. The molecule has 0 saturated carbocycles. The molecular weight excluding hydrogens is 464 g/mol. The quantitative estimate of drug-likeness (QED) is 0.232. The molecule has 176 valence electrons. The van der Waals surface area contributed by atoms with Crippen molar-refractivity contribution < 1.29 is 24.5 Å². The third kappa shape index (κ3) is 3.81. The van der Waals surface area contributed by atoms with Crippen LogP contribution in [0.3, 0.4) is 0 Å². The summed E-state index contributed by atoms with van der Waals surface area (Å²) in [4.78, 5) is 32.6. The highest BCUT2D eigenvalue weighted by Crippen LogP contribution is 2.44. The maximum Gasteiger partial charge on any atom is 0.301 e. The number of thiazole rings is 1. The van der Waals surface area contributed by atoms with Crippen LogP contribution in [-0.4, -0.2) is 34.0 Å². The minimum Gasteiger partial charge on any atom is -0.508 e. The van der Waals surface area contributed by atoms with Gasteiger partial charge in [0.1, 0.15) is 17.3 Å². The van der Waals surface area contributed by atoms with Gasteiger partial charge < -0.3 is 14.9 Å². The number of amides is 1. The van der Waals surface area contributed by atoms with Crippen molar-refractivity contribution in [2.24, 2.45) is 0 Å². The minimum atomic E-state index is -0.916. The van der Waals surface area contributed by atoms with Crippen molar-refractivity contribution in [3.63, 3.8) is 0 Å². The molecule has 1 aromatic heterocycles. The van der Waals surface area contributed by atoms with Crippen LogP contribution in [0.1, 0.15) is 28.3 Å². The van der Waals surface area contributed by atoms with E-state index in [4.69, 9.17) is 4.74 Å². The lowest BCUT2D eigenvalue weighted by molar-refractivity contribution is -0.132. The number of carbonyl (C=O) groups excluding carboxylic acids is 2. The number of fused-ring (bicyclic) bond motifs is 1. The fourth-order valence-corrected chi connectivity index (χ4v) is 5.25. The molecule has 7 nitrogen and oxygen atoms in total. The average Bonchev–Trinajstić information content (AvgIpc) is 3.37. The molecule has 1 saturated heterocycles. The van der Waals surface area contributed by atoms with E-state index in [1.807, 2.05) is 26.0 Å². The number of anilines is 1. The number of aliphatic hydroxyl groups excluding tert-OH is 1. The lowest BCUT2D eigenvalue weighted by atomic mass is 9.95. The van der Waals surface area contributed by atoms with E-state index < -0.39 is 17.7 Å². The van der Waals surface area contributed by atoms with E-state index in [0.717, 1.165) is 21.3 Å². The van der Waals surface area contributed by atoms with Crippen molar-refractivity contribution >= 4 is 44.1 Å². The molecule has 0 radical (unpaired) electrons. The summed E-state index contributed by atoms with van der Waals surface area (Å²) in [5, 5.41) is 21.4. The Balaban J connectivity index is 1.71. The van der Waals surface area contributed by atoms with E-state index in [9.17, 15) is 19.8 Å². The van der Waals surface area contributed by atoms with Gasteiger partial charge in [-0.2, -0.15) is 0 Å². The number of phenols is 1. The number of aromatic nitrogens is 1. The second-order valence-electron chi connectivity index (χ2n) is 8.39. The zero-order valence-electron chi connectivity index (χ0n) is 19.3. The first-order valence-electron chi connectivity index (χ1n) is 10.9. The van der Waals surface area contributed by atoms with Crippen LogP contribution in [-0.2, 0) is 9.59 Å². The van der Waals surface area contributed by atoms with Crippen LogP contribution in [0.25, 0.3) is 16.0 Å². The lowest BCUT2D eigenvalue weighted by Gasteiger charge is -2.23. The number of hydrogen-bond acceptors (Lipinski definition) is 7. The first-order valence-corrected chi connectivity index (χ1v) is 11.7. The van der Waals surface area contributed by atoms with E-state index >= 15 is 0 Å². The molecule has 1 atom stereocenters. The number of ether oxygens (including phenoxy) is 1. The van der Waals surface area contributed by atoms with E-state index in [-0.39, 0.29) is 17.1 Å². The second kappa shape index (κ2) is 8.56. The van der Waals surface area contributed by atoms with Gasteiger partial charge in [0.15, 0.2) is 5.13 Å². The minimum absolute atomic E-state index is 0.0440. The summed E-state index contributed by atoms with van der Waals surface area (Å²) >= 11 is 1.31. The summed E-state index contributed by atoms with van der Waals surface area (Å²) in [5.41, 5.74) is 3.80. The summed E-state index contributed by atoms with van der Waals surface area (Å²) < 4.78 is 6.07. The van der Waals surface area contributed by atoms with Gasteiger partial charge in [-0.05, 0) is 79.1 Å². The van der Waals surface area contributed by atoms with Crippen LogP contribution in [0.2, 0.25) is 0 Å². The Morgan fingerprint density at radius 1 is 1.00 bits per heavy atom. The van der Waals surface area contributed by atoms with E-state index in [1.165, 1.54) is 35.5 Å². The number of hydrogen-bond donors (Lipinski definition) is 2. The molecule has 5 rings (SSSR count). The van der Waals surface area contributed by atoms with Crippen molar-refractivity contribution in [3.8, 4) is 11.5 Å². The molecule has 35 heavy (non-hydrogen) atoms. The molecule has 2 N–H and O–H groups in total. The van der Waals surface area contributed by atoms with E-state index in [1.54, 1.807) is 36.4 Å². The predicted octanol–water partition coefficient (Wildman–Crippen LogP) is 5.25. The van der Waals surface area contributed by atoms with Crippen LogP contribution >= 0.6 is 11.3 Å².